The maximum atomic E-state index is 14.0. The van der Waals surface area contributed by atoms with Crippen LogP contribution in [0.1, 0.15) is 38.3 Å². The van der Waals surface area contributed by atoms with Gasteiger partial charge in [0.15, 0.2) is 5.82 Å². The van der Waals surface area contributed by atoms with Gasteiger partial charge in [-0.05, 0) is 51.7 Å². The van der Waals surface area contributed by atoms with Crippen molar-refractivity contribution in [2.75, 3.05) is 63.8 Å². The van der Waals surface area contributed by atoms with Crippen molar-refractivity contribution in [3.05, 3.63) is 72.1 Å². The van der Waals surface area contributed by atoms with E-state index in [2.05, 4.69) is 20.6 Å². The molecule has 2 N–H and O–H groups in total. The molecular weight excluding hydrogens is 586 g/mol. The van der Waals surface area contributed by atoms with Crippen molar-refractivity contribution in [3.63, 3.8) is 0 Å². The fraction of sp³-hybridized carbons (Fsp3) is 0.406. The first kappa shape index (κ1) is 33.6. The van der Waals surface area contributed by atoms with Gasteiger partial charge >= 0.3 is 0 Å². The molecule has 13 heteroatoms. The Morgan fingerprint density at radius 2 is 1.84 bits per heavy atom. The highest BCUT2D eigenvalue weighted by atomic mass is 19.1. The lowest BCUT2D eigenvalue weighted by atomic mass is 10.0. The Labute approximate surface area is 262 Å². The van der Waals surface area contributed by atoms with Crippen molar-refractivity contribution < 1.29 is 32.6 Å². The Kier molecular flexibility index (Phi) is 11.3. The van der Waals surface area contributed by atoms with Crippen molar-refractivity contribution in [1.29, 1.82) is 0 Å². The van der Waals surface area contributed by atoms with E-state index in [1.807, 2.05) is 32.8 Å². The number of nitrogens with zero attached hydrogens (tertiary/aromatic N) is 4. The third-order valence-electron chi connectivity index (χ3n) is 7.13. The van der Waals surface area contributed by atoms with Crippen LogP contribution in [0, 0.1) is 11.6 Å². The van der Waals surface area contributed by atoms with Crippen LogP contribution in [0.15, 0.2) is 54.9 Å². The predicted molar refractivity (Wildman–Crippen MR) is 168 cm³/mol. The fourth-order valence-corrected chi connectivity index (χ4v) is 4.54. The number of methoxy groups -OCH3 is 2. The van der Waals surface area contributed by atoms with Crippen molar-refractivity contribution in [1.82, 2.24) is 14.9 Å². The highest BCUT2D eigenvalue weighted by Gasteiger charge is 2.30. The van der Waals surface area contributed by atoms with Gasteiger partial charge in [0.2, 0.25) is 5.91 Å². The lowest BCUT2D eigenvalue weighted by Crippen LogP contribution is -2.25. The van der Waals surface area contributed by atoms with E-state index >= 15 is 0 Å². The Hall–Kier alpha value is -4.33. The van der Waals surface area contributed by atoms with Crippen LogP contribution in [0.4, 0.5) is 31.8 Å². The molecule has 2 aromatic carbocycles. The molecular formula is C32H40F2N6O5. The Bertz CT molecular complexity index is 1480. The number of halogens is 2. The van der Waals surface area contributed by atoms with Crippen molar-refractivity contribution in [2.45, 2.75) is 38.3 Å². The summed E-state index contributed by atoms with van der Waals surface area (Å²) in [6.07, 6.45) is 5.69. The van der Waals surface area contributed by atoms with E-state index in [0.29, 0.717) is 72.7 Å². The van der Waals surface area contributed by atoms with Crippen LogP contribution in [0.3, 0.4) is 0 Å². The van der Waals surface area contributed by atoms with Crippen molar-refractivity contribution in [2.24, 2.45) is 0 Å². The Morgan fingerprint density at radius 3 is 2.53 bits per heavy atom. The quantitative estimate of drug-likeness (QED) is 0.218. The molecule has 1 atom stereocenters. The number of likely N-dealkylation sites (N-methyl/N-ethyl adjacent to an activating group) is 1. The highest BCUT2D eigenvalue weighted by molar-refractivity contribution is 6.01. The van der Waals surface area contributed by atoms with Crippen LogP contribution in [-0.4, -0.2) is 74.4 Å². The number of hydroxylamine groups is 1. The largest absolute Gasteiger partial charge is 0.494 e. The van der Waals surface area contributed by atoms with E-state index in [9.17, 15) is 13.6 Å². The molecule has 1 aliphatic heterocycles. The van der Waals surface area contributed by atoms with Gasteiger partial charge in [0.25, 0.3) is 0 Å². The molecule has 11 nitrogen and oxygen atoms in total. The number of anilines is 4. The molecule has 0 saturated carbocycles. The number of rotatable bonds is 14. The average Bonchev–Trinajstić information content (AvgIpc) is 3.48. The minimum atomic E-state index is -0.667. The smallest absolute Gasteiger partial charge is 0.248 e. The highest BCUT2D eigenvalue weighted by Crippen LogP contribution is 2.39. The van der Waals surface area contributed by atoms with Crippen LogP contribution in [0.5, 0.6) is 11.5 Å². The van der Waals surface area contributed by atoms with Crippen LogP contribution in [-0.2, 0) is 14.4 Å². The first-order valence-corrected chi connectivity index (χ1v) is 14.5. The van der Waals surface area contributed by atoms with Crippen molar-refractivity contribution >= 4 is 28.9 Å². The van der Waals surface area contributed by atoms with E-state index < -0.39 is 23.3 Å². The molecule has 1 amide bonds. The minimum Gasteiger partial charge on any atom is -0.494 e. The van der Waals surface area contributed by atoms with Gasteiger partial charge < -0.3 is 29.7 Å². The first-order valence-electron chi connectivity index (χ1n) is 14.5. The summed E-state index contributed by atoms with van der Waals surface area (Å²) in [6, 6.07) is 7.97. The monoisotopic (exact) mass is 626 g/mol. The number of carbonyl (C=O) groups is 1. The van der Waals surface area contributed by atoms with Gasteiger partial charge in [-0.25, -0.2) is 23.8 Å². The molecule has 1 unspecified atom stereocenters. The normalized spacial score (nSPS) is 15.1. The number of carbonyl (C=O) groups excluding carboxylic acids is 1. The van der Waals surface area contributed by atoms with Gasteiger partial charge in [0.1, 0.15) is 35.3 Å². The number of benzene rings is 2. The summed E-state index contributed by atoms with van der Waals surface area (Å²) < 4.78 is 45.2. The van der Waals surface area contributed by atoms with Gasteiger partial charge in [-0.2, -0.15) is 0 Å². The molecule has 1 saturated heterocycles. The maximum absolute atomic E-state index is 14.0. The summed E-state index contributed by atoms with van der Waals surface area (Å²) in [7, 11) is 6.98. The summed E-state index contributed by atoms with van der Waals surface area (Å²) in [6.45, 7) is 5.20. The first-order chi connectivity index (χ1) is 21.5. The second-order valence-electron chi connectivity index (χ2n) is 11.3. The van der Waals surface area contributed by atoms with Gasteiger partial charge in [-0.3, -0.25) is 9.63 Å². The lowest BCUT2D eigenvalue weighted by molar-refractivity contribution is -0.111. The molecule has 1 fully saturated rings. The molecule has 45 heavy (non-hydrogen) atoms. The summed E-state index contributed by atoms with van der Waals surface area (Å²) in [5.41, 5.74) is 0.947. The molecule has 0 spiro atoms. The molecule has 0 bridgehead atoms. The fourth-order valence-electron chi connectivity index (χ4n) is 4.54. The van der Waals surface area contributed by atoms with Gasteiger partial charge in [-0.1, -0.05) is 6.08 Å². The number of aromatic nitrogens is 2. The number of amides is 1. The number of ether oxygens (including phenoxy) is 3. The van der Waals surface area contributed by atoms with Crippen molar-refractivity contribution in [3.8, 4) is 11.5 Å². The van der Waals surface area contributed by atoms with Gasteiger partial charge in [0.05, 0.1) is 43.3 Å². The topological polar surface area (TPSA) is 110 Å². The van der Waals surface area contributed by atoms with E-state index in [1.165, 1.54) is 36.7 Å². The van der Waals surface area contributed by atoms with Crippen LogP contribution < -0.4 is 25.2 Å². The van der Waals surface area contributed by atoms with Crippen LogP contribution in [0.25, 0.3) is 0 Å². The third-order valence-corrected chi connectivity index (χ3v) is 7.13. The molecule has 1 aromatic heterocycles. The molecule has 242 valence electrons. The Balaban J connectivity index is 1.61. The molecule has 1 aliphatic rings. The second-order valence-corrected chi connectivity index (χ2v) is 11.3. The van der Waals surface area contributed by atoms with Crippen LogP contribution >= 0.6 is 0 Å². The molecule has 0 aliphatic carbocycles. The van der Waals surface area contributed by atoms with Crippen LogP contribution in [0.2, 0.25) is 0 Å². The molecule has 4 rings (SSSR count). The summed E-state index contributed by atoms with van der Waals surface area (Å²) >= 11 is 0. The second kappa shape index (κ2) is 15.1. The zero-order valence-corrected chi connectivity index (χ0v) is 26.4. The standard InChI is InChI=1S/C32H40F2N6O5/c1-32(2,43-6)10-13-44-28-18-27(42-5)24(17-25(28)38-31(41)8-7-11-39(3)4)37-29-19-30(36-20-35-29)40-26(9-12-45-40)21-14-22(33)16-23(34)15-21/h7-8,14-20,26H,9-13H2,1-6H3,(H,38,41)(H,35,36,37)/b8-7+. The number of hydrogen-bond acceptors (Lipinski definition) is 10. The van der Waals surface area contributed by atoms with Gasteiger partial charge in [0, 0.05) is 50.8 Å². The summed E-state index contributed by atoms with van der Waals surface area (Å²) in [5.74, 6) is -0.0405. The SMILES string of the molecule is COc1cc(OCCC(C)(C)OC)c(NC(=O)/C=C/CN(C)C)cc1Nc1cc(N2OCCC2c2cc(F)cc(F)c2)ncn1. The number of nitrogens with one attached hydrogen (secondary N) is 2. The van der Waals surface area contributed by atoms with E-state index in [1.54, 1.807) is 31.4 Å². The zero-order valence-electron chi connectivity index (χ0n) is 26.4. The molecule has 2 heterocycles. The lowest BCUT2D eigenvalue weighted by Gasteiger charge is -2.24. The summed E-state index contributed by atoms with van der Waals surface area (Å²) in [4.78, 5) is 29.2. The van der Waals surface area contributed by atoms with E-state index in [0.717, 1.165) is 6.07 Å². The third kappa shape index (κ3) is 9.33. The van der Waals surface area contributed by atoms with Gasteiger partial charge in [-0.15, -0.1) is 0 Å². The maximum Gasteiger partial charge on any atom is 0.248 e. The number of hydrogen-bond donors (Lipinski definition) is 2. The molecule has 3 aromatic rings. The minimum absolute atomic E-state index is 0.328. The summed E-state index contributed by atoms with van der Waals surface area (Å²) in [5, 5.41) is 7.63. The van der Waals surface area contributed by atoms with E-state index in [4.69, 9.17) is 19.0 Å². The zero-order chi connectivity index (χ0) is 32.6. The average molecular weight is 627 g/mol. The predicted octanol–water partition coefficient (Wildman–Crippen LogP) is 5.64. The van der Waals surface area contributed by atoms with E-state index in [-0.39, 0.29) is 5.91 Å². The molecule has 0 radical (unpaired) electrons. The Morgan fingerprint density at radius 1 is 1.09 bits per heavy atom.